The van der Waals surface area contributed by atoms with Gasteiger partial charge >= 0.3 is 5.97 Å². The molecule has 0 atom stereocenters. The number of hydrogen-bond acceptors (Lipinski definition) is 5. The lowest BCUT2D eigenvalue weighted by atomic mass is 9.96. The lowest BCUT2D eigenvalue weighted by molar-refractivity contribution is -0.111. The summed E-state index contributed by atoms with van der Waals surface area (Å²) >= 11 is 0. The van der Waals surface area contributed by atoms with Crippen LogP contribution in [0.1, 0.15) is 15.9 Å². The van der Waals surface area contributed by atoms with Gasteiger partial charge in [0.1, 0.15) is 5.65 Å². The fourth-order valence-corrected chi connectivity index (χ4v) is 4.16. The van der Waals surface area contributed by atoms with Crippen molar-refractivity contribution in [1.82, 2.24) is 14.9 Å². The molecule has 4 rings (SSSR count). The summed E-state index contributed by atoms with van der Waals surface area (Å²) in [4.78, 5) is 35.8. The smallest absolute Gasteiger partial charge is 0.337 e. The largest absolute Gasteiger partial charge is 0.478 e. The number of pyridine rings is 1. The highest BCUT2D eigenvalue weighted by Crippen LogP contribution is 2.40. The number of amides is 1. The zero-order valence-corrected chi connectivity index (χ0v) is 21.5. The number of benzene rings is 2. The van der Waals surface area contributed by atoms with Gasteiger partial charge in [-0.1, -0.05) is 30.8 Å². The molecule has 8 heteroatoms. The normalized spacial score (nSPS) is 11.1. The van der Waals surface area contributed by atoms with Gasteiger partial charge in [-0.15, -0.1) is 0 Å². The molecule has 37 heavy (non-hydrogen) atoms. The summed E-state index contributed by atoms with van der Waals surface area (Å²) in [6.07, 6.45) is 2.58. The first-order valence-corrected chi connectivity index (χ1v) is 11.9. The SMILES string of the molecule is C=CC(=O)Nc1cc(-c2c(-c3ccc(N(C)CCN(C)C)cc3)[nH]c3ncc(C(=O)O)cc23)ccc1C. The van der Waals surface area contributed by atoms with Crippen LogP contribution in [0.2, 0.25) is 0 Å². The number of aromatic amines is 1. The third-order valence-electron chi connectivity index (χ3n) is 6.35. The molecule has 2 aromatic carbocycles. The molecule has 0 radical (unpaired) electrons. The number of aromatic carboxylic acids is 1. The first-order chi connectivity index (χ1) is 17.7. The van der Waals surface area contributed by atoms with Crippen molar-refractivity contribution >= 4 is 34.3 Å². The van der Waals surface area contributed by atoms with Gasteiger partial charge in [0.15, 0.2) is 0 Å². The molecule has 0 aliphatic rings. The minimum atomic E-state index is -1.05. The van der Waals surface area contributed by atoms with E-state index >= 15 is 0 Å². The first kappa shape index (κ1) is 25.7. The number of aryl methyl sites for hydroxylation is 1. The Balaban J connectivity index is 1.85. The van der Waals surface area contributed by atoms with E-state index in [1.165, 1.54) is 12.3 Å². The van der Waals surface area contributed by atoms with Crippen molar-refractivity contribution in [3.8, 4) is 22.4 Å². The Bertz CT molecular complexity index is 1470. The molecule has 0 bridgehead atoms. The van der Waals surface area contributed by atoms with E-state index in [9.17, 15) is 14.7 Å². The molecule has 0 unspecified atom stereocenters. The average molecular weight is 498 g/mol. The predicted molar refractivity (Wildman–Crippen MR) is 149 cm³/mol. The number of nitrogens with one attached hydrogen (secondary N) is 2. The number of H-pyrrole nitrogens is 1. The van der Waals surface area contributed by atoms with E-state index in [4.69, 9.17) is 0 Å². The van der Waals surface area contributed by atoms with E-state index in [2.05, 4.69) is 64.9 Å². The molecule has 0 saturated carbocycles. The van der Waals surface area contributed by atoms with Gasteiger partial charge < -0.3 is 25.2 Å². The van der Waals surface area contributed by atoms with Crippen molar-refractivity contribution in [3.05, 3.63) is 78.5 Å². The third-order valence-corrected chi connectivity index (χ3v) is 6.35. The van der Waals surface area contributed by atoms with E-state index in [0.717, 1.165) is 46.7 Å². The fourth-order valence-electron chi connectivity index (χ4n) is 4.16. The molecule has 0 spiro atoms. The van der Waals surface area contributed by atoms with E-state index in [0.29, 0.717) is 16.7 Å². The lowest BCUT2D eigenvalue weighted by Gasteiger charge is -2.21. The van der Waals surface area contributed by atoms with Gasteiger partial charge in [-0.2, -0.15) is 0 Å². The van der Waals surface area contributed by atoms with E-state index in [1.807, 2.05) is 37.3 Å². The molecule has 0 aliphatic carbocycles. The van der Waals surface area contributed by atoms with Crippen molar-refractivity contribution in [1.29, 1.82) is 0 Å². The minimum Gasteiger partial charge on any atom is -0.478 e. The summed E-state index contributed by atoms with van der Waals surface area (Å²) in [6.45, 7) is 7.29. The van der Waals surface area contributed by atoms with Gasteiger partial charge in [0.25, 0.3) is 0 Å². The van der Waals surface area contributed by atoms with E-state index in [-0.39, 0.29) is 11.5 Å². The molecule has 8 nitrogen and oxygen atoms in total. The fraction of sp³-hybridized carbons (Fsp3) is 0.207. The van der Waals surface area contributed by atoms with Crippen LogP contribution in [0.4, 0.5) is 11.4 Å². The Morgan fingerprint density at radius 3 is 2.41 bits per heavy atom. The summed E-state index contributed by atoms with van der Waals surface area (Å²) in [7, 11) is 6.17. The standard InChI is InChI=1S/C29H31N5O3/c1-6-25(35)31-24-16-20(8-7-18(24)2)26-23-15-21(29(36)37)17-30-28(23)32-27(26)19-9-11-22(12-10-19)34(5)14-13-33(3)4/h6-12,15-17H,1,13-14H2,2-5H3,(H,30,32)(H,31,35)(H,36,37). The summed E-state index contributed by atoms with van der Waals surface area (Å²) in [5.41, 5.74) is 6.72. The molecule has 0 saturated heterocycles. The number of hydrogen-bond donors (Lipinski definition) is 3. The van der Waals surface area contributed by atoms with Gasteiger partial charge in [0.2, 0.25) is 5.91 Å². The highest BCUT2D eigenvalue weighted by molar-refractivity contribution is 6.06. The number of carbonyl (C=O) groups is 2. The molecule has 190 valence electrons. The van der Waals surface area contributed by atoms with Crippen molar-refractivity contribution in [3.63, 3.8) is 0 Å². The lowest BCUT2D eigenvalue weighted by Crippen LogP contribution is -2.28. The Labute approximate surface area is 216 Å². The minimum absolute atomic E-state index is 0.101. The summed E-state index contributed by atoms with van der Waals surface area (Å²) in [5, 5.41) is 13.1. The van der Waals surface area contributed by atoms with Gasteiger partial charge in [-0.25, -0.2) is 9.78 Å². The quantitative estimate of drug-likeness (QED) is 0.281. The second-order valence-corrected chi connectivity index (χ2v) is 9.30. The maximum Gasteiger partial charge on any atom is 0.337 e. The molecular weight excluding hydrogens is 466 g/mol. The van der Waals surface area contributed by atoms with Crippen LogP contribution in [-0.2, 0) is 4.79 Å². The second-order valence-electron chi connectivity index (χ2n) is 9.30. The van der Waals surface area contributed by atoms with Gasteiger partial charge in [0.05, 0.1) is 11.3 Å². The van der Waals surface area contributed by atoms with Gasteiger partial charge in [0, 0.05) is 48.7 Å². The van der Waals surface area contributed by atoms with Gasteiger partial charge in [-0.3, -0.25) is 4.79 Å². The summed E-state index contributed by atoms with van der Waals surface area (Å²) in [6, 6.07) is 15.6. The number of rotatable bonds is 9. The van der Waals surface area contributed by atoms with Crippen LogP contribution in [0.15, 0.2) is 67.4 Å². The van der Waals surface area contributed by atoms with E-state index < -0.39 is 5.97 Å². The Kier molecular flexibility index (Phi) is 7.40. The molecule has 0 aliphatic heterocycles. The van der Waals surface area contributed by atoms with Crippen LogP contribution >= 0.6 is 0 Å². The van der Waals surface area contributed by atoms with Crippen LogP contribution in [-0.4, -0.2) is 66.1 Å². The zero-order chi connectivity index (χ0) is 26.7. The summed E-state index contributed by atoms with van der Waals surface area (Å²) < 4.78 is 0. The van der Waals surface area contributed by atoms with Crippen molar-refractivity contribution in [2.75, 3.05) is 44.4 Å². The van der Waals surface area contributed by atoms with Crippen LogP contribution in [0.25, 0.3) is 33.4 Å². The zero-order valence-electron chi connectivity index (χ0n) is 21.5. The maximum atomic E-state index is 12.0. The van der Waals surface area contributed by atoms with Crippen molar-refractivity contribution in [2.45, 2.75) is 6.92 Å². The number of nitrogens with zero attached hydrogens (tertiary/aromatic N) is 3. The second kappa shape index (κ2) is 10.7. The number of carbonyl (C=O) groups excluding carboxylic acids is 1. The number of anilines is 2. The molecular formula is C29H31N5O3. The number of fused-ring (bicyclic) bond motifs is 1. The Hall–Kier alpha value is -4.43. The molecule has 4 aromatic rings. The van der Waals surface area contributed by atoms with E-state index in [1.54, 1.807) is 6.07 Å². The monoisotopic (exact) mass is 497 g/mol. The predicted octanol–water partition coefficient (Wildman–Crippen LogP) is 5.03. The first-order valence-electron chi connectivity index (χ1n) is 11.9. The topological polar surface area (TPSA) is 102 Å². The Morgan fingerprint density at radius 2 is 1.76 bits per heavy atom. The Morgan fingerprint density at radius 1 is 1.05 bits per heavy atom. The average Bonchev–Trinajstić information content (AvgIpc) is 3.27. The molecule has 2 aromatic heterocycles. The summed E-state index contributed by atoms with van der Waals surface area (Å²) in [5.74, 6) is -1.35. The van der Waals surface area contributed by atoms with Gasteiger partial charge in [-0.05, 0) is 68.1 Å². The number of likely N-dealkylation sites (N-methyl/N-ethyl adjacent to an activating group) is 2. The molecule has 0 fully saturated rings. The van der Waals surface area contributed by atoms with Crippen LogP contribution in [0.3, 0.4) is 0 Å². The highest BCUT2D eigenvalue weighted by Gasteiger charge is 2.19. The van der Waals surface area contributed by atoms with Crippen molar-refractivity contribution in [2.24, 2.45) is 0 Å². The highest BCUT2D eigenvalue weighted by atomic mass is 16.4. The van der Waals surface area contributed by atoms with Crippen LogP contribution in [0, 0.1) is 6.92 Å². The molecule has 2 heterocycles. The molecule has 3 N–H and O–H groups in total. The van der Waals surface area contributed by atoms with Crippen LogP contribution < -0.4 is 10.2 Å². The third kappa shape index (κ3) is 5.54. The molecule has 1 amide bonds. The number of carboxylic acid groups (broad SMARTS) is 1. The maximum absolute atomic E-state index is 12.0. The number of aromatic nitrogens is 2. The van der Waals surface area contributed by atoms with Crippen LogP contribution in [0.5, 0.6) is 0 Å². The number of carboxylic acids is 1. The van der Waals surface area contributed by atoms with Crippen molar-refractivity contribution < 1.29 is 14.7 Å².